The Morgan fingerprint density at radius 2 is 2.22 bits per heavy atom. The minimum absolute atomic E-state index is 0.627. The monoisotopic (exact) mass is 247 g/mol. The van der Waals surface area contributed by atoms with Crippen LogP contribution in [0.25, 0.3) is 0 Å². The summed E-state index contributed by atoms with van der Waals surface area (Å²) in [6, 6.07) is 8.52. The van der Waals surface area contributed by atoms with E-state index >= 15 is 0 Å². The molecule has 3 nitrogen and oxygen atoms in total. The van der Waals surface area contributed by atoms with E-state index in [1.807, 2.05) is 0 Å². The molecule has 1 unspecified atom stereocenters. The van der Waals surface area contributed by atoms with Crippen LogP contribution in [-0.2, 0) is 13.1 Å². The Hall–Kier alpha value is -0.900. The molecule has 2 rings (SSSR count). The van der Waals surface area contributed by atoms with Gasteiger partial charge < -0.3 is 16.0 Å². The van der Waals surface area contributed by atoms with Gasteiger partial charge in [-0.1, -0.05) is 24.3 Å². The van der Waals surface area contributed by atoms with Crippen molar-refractivity contribution in [3.63, 3.8) is 0 Å². The van der Waals surface area contributed by atoms with E-state index in [0.717, 1.165) is 19.0 Å². The van der Waals surface area contributed by atoms with Crippen molar-refractivity contribution in [1.29, 1.82) is 0 Å². The summed E-state index contributed by atoms with van der Waals surface area (Å²) in [6.45, 7) is 5.23. The molecule has 1 heterocycles. The van der Waals surface area contributed by atoms with Gasteiger partial charge in [0.1, 0.15) is 0 Å². The zero-order valence-corrected chi connectivity index (χ0v) is 11.4. The Labute approximate surface area is 110 Å². The van der Waals surface area contributed by atoms with Crippen LogP contribution in [0.5, 0.6) is 0 Å². The molecule has 0 radical (unpaired) electrons. The lowest BCUT2D eigenvalue weighted by Crippen LogP contribution is -2.20. The maximum Gasteiger partial charge on any atom is 0.0205 e. The Bertz CT molecular complexity index is 365. The molecule has 1 aliphatic heterocycles. The summed E-state index contributed by atoms with van der Waals surface area (Å²) in [5, 5.41) is 3.54. The van der Waals surface area contributed by atoms with Crippen molar-refractivity contribution in [2.24, 2.45) is 11.7 Å². The Kier molecular flexibility index (Phi) is 5.17. The van der Waals surface area contributed by atoms with Crippen molar-refractivity contribution in [2.45, 2.75) is 25.9 Å². The van der Waals surface area contributed by atoms with Crippen molar-refractivity contribution in [2.75, 3.05) is 26.7 Å². The Morgan fingerprint density at radius 1 is 1.39 bits per heavy atom. The molecule has 1 aliphatic rings. The van der Waals surface area contributed by atoms with Gasteiger partial charge in [0.15, 0.2) is 0 Å². The second-order valence-corrected chi connectivity index (χ2v) is 5.41. The average Bonchev–Trinajstić information content (AvgIpc) is 2.81. The largest absolute Gasteiger partial charge is 0.326 e. The minimum Gasteiger partial charge on any atom is -0.326 e. The van der Waals surface area contributed by atoms with E-state index in [1.54, 1.807) is 0 Å². The number of hydrogen-bond acceptors (Lipinski definition) is 3. The molecular weight excluding hydrogens is 222 g/mol. The van der Waals surface area contributed by atoms with E-state index in [4.69, 9.17) is 5.73 Å². The van der Waals surface area contributed by atoms with Gasteiger partial charge in [-0.3, -0.25) is 0 Å². The zero-order chi connectivity index (χ0) is 12.8. The third kappa shape index (κ3) is 4.09. The first kappa shape index (κ1) is 13.5. The van der Waals surface area contributed by atoms with E-state index in [-0.39, 0.29) is 0 Å². The molecule has 100 valence electrons. The number of rotatable bonds is 6. The quantitative estimate of drug-likeness (QED) is 0.750. The summed E-state index contributed by atoms with van der Waals surface area (Å²) in [4.78, 5) is 2.43. The Balaban J connectivity index is 1.65. The van der Waals surface area contributed by atoms with Crippen LogP contribution in [0.1, 0.15) is 24.0 Å². The smallest absolute Gasteiger partial charge is 0.0205 e. The number of likely N-dealkylation sites (tertiary alicyclic amines) is 1. The predicted molar refractivity (Wildman–Crippen MR) is 76.3 cm³/mol. The minimum atomic E-state index is 0.627. The number of nitrogens with one attached hydrogen (secondary N) is 1. The highest BCUT2D eigenvalue weighted by molar-refractivity contribution is 5.23. The van der Waals surface area contributed by atoms with Gasteiger partial charge in [-0.25, -0.2) is 0 Å². The summed E-state index contributed by atoms with van der Waals surface area (Å²) in [5.74, 6) is 0.887. The van der Waals surface area contributed by atoms with E-state index in [0.29, 0.717) is 6.54 Å². The van der Waals surface area contributed by atoms with Crippen LogP contribution in [0.2, 0.25) is 0 Å². The maximum absolute atomic E-state index is 5.64. The van der Waals surface area contributed by atoms with E-state index in [9.17, 15) is 0 Å². The fraction of sp³-hybridized carbons (Fsp3) is 0.600. The lowest BCUT2D eigenvalue weighted by atomic mass is 10.1. The fourth-order valence-electron chi connectivity index (χ4n) is 2.67. The molecule has 0 saturated carbocycles. The highest BCUT2D eigenvalue weighted by atomic mass is 15.1. The molecule has 3 N–H and O–H groups in total. The summed E-state index contributed by atoms with van der Waals surface area (Å²) in [5.41, 5.74) is 8.19. The van der Waals surface area contributed by atoms with Crippen molar-refractivity contribution in [3.05, 3.63) is 35.4 Å². The maximum atomic E-state index is 5.64. The van der Waals surface area contributed by atoms with Gasteiger partial charge in [0.25, 0.3) is 0 Å². The molecule has 0 bridgehead atoms. The van der Waals surface area contributed by atoms with Crippen molar-refractivity contribution in [1.82, 2.24) is 10.2 Å². The molecule has 3 heteroatoms. The topological polar surface area (TPSA) is 41.3 Å². The van der Waals surface area contributed by atoms with Gasteiger partial charge in [0.05, 0.1) is 0 Å². The number of hydrogen-bond donors (Lipinski definition) is 2. The normalized spacial score (nSPS) is 20.4. The van der Waals surface area contributed by atoms with Gasteiger partial charge in [-0.05, 0) is 50.0 Å². The molecule has 1 atom stereocenters. The van der Waals surface area contributed by atoms with Crippen molar-refractivity contribution >= 4 is 0 Å². The summed E-state index contributed by atoms with van der Waals surface area (Å²) in [7, 11) is 2.21. The zero-order valence-electron chi connectivity index (χ0n) is 11.4. The first-order chi connectivity index (χ1) is 8.78. The van der Waals surface area contributed by atoms with Crippen LogP contribution in [-0.4, -0.2) is 31.6 Å². The number of nitrogens with two attached hydrogens (primary N) is 1. The molecule has 1 fully saturated rings. The third-order valence-electron chi connectivity index (χ3n) is 3.77. The van der Waals surface area contributed by atoms with Crippen LogP contribution < -0.4 is 11.1 Å². The molecular formula is C15H25N3. The van der Waals surface area contributed by atoms with Crippen LogP contribution in [0, 0.1) is 5.92 Å². The van der Waals surface area contributed by atoms with Crippen molar-refractivity contribution in [3.8, 4) is 0 Å². The predicted octanol–water partition coefficient (Wildman–Crippen LogP) is 1.58. The fourth-order valence-corrected chi connectivity index (χ4v) is 2.67. The third-order valence-corrected chi connectivity index (χ3v) is 3.77. The highest BCUT2D eigenvalue weighted by Crippen LogP contribution is 2.17. The second-order valence-electron chi connectivity index (χ2n) is 5.41. The molecule has 0 amide bonds. The number of benzene rings is 1. The molecule has 1 aromatic carbocycles. The summed E-state index contributed by atoms with van der Waals surface area (Å²) < 4.78 is 0. The van der Waals surface area contributed by atoms with E-state index in [2.05, 4.69) is 41.5 Å². The first-order valence-corrected chi connectivity index (χ1v) is 6.95. The average molecular weight is 247 g/mol. The van der Waals surface area contributed by atoms with Gasteiger partial charge in [-0.15, -0.1) is 0 Å². The molecule has 0 spiro atoms. The van der Waals surface area contributed by atoms with Crippen LogP contribution in [0.15, 0.2) is 24.3 Å². The molecule has 1 saturated heterocycles. The Morgan fingerprint density at radius 3 is 2.94 bits per heavy atom. The lowest BCUT2D eigenvalue weighted by molar-refractivity contribution is 0.385. The highest BCUT2D eigenvalue weighted by Gasteiger charge is 2.18. The van der Waals surface area contributed by atoms with Crippen LogP contribution >= 0.6 is 0 Å². The molecule has 1 aromatic rings. The first-order valence-electron chi connectivity index (χ1n) is 6.95. The number of nitrogens with zero attached hydrogens (tertiary/aromatic N) is 1. The molecule has 18 heavy (non-hydrogen) atoms. The van der Waals surface area contributed by atoms with Gasteiger partial charge in [-0.2, -0.15) is 0 Å². The van der Waals surface area contributed by atoms with Gasteiger partial charge in [0, 0.05) is 19.6 Å². The van der Waals surface area contributed by atoms with Gasteiger partial charge in [0.2, 0.25) is 0 Å². The standard InChI is InChI=1S/C15H25N3/c1-18-8-6-13(12-18)5-7-17-11-15-4-2-3-14(9-15)10-16/h2-4,9,13,17H,5-8,10-12,16H2,1H3. The molecule has 0 aliphatic carbocycles. The SMILES string of the molecule is CN1CCC(CCNCc2cccc(CN)c2)C1. The summed E-state index contributed by atoms with van der Waals surface area (Å²) in [6.07, 6.45) is 2.65. The summed E-state index contributed by atoms with van der Waals surface area (Å²) >= 11 is 0. The second kappa shape index (κ2) is 6.88. The van der Waals surface area contributed by atoms with Gasteiger partial charge >= 0.3 is 0 Å². The van der Waals surface area contributed by atoms with Crippen molar-refractivity contribution < 1.29 is 0 Å². The van der Waals surface area contributed by atoms with E-state index < -0.39 is 0 Å². The van der Waals surface area contributed by atoms with Crippen LogP contribution in [0.4, 0.5) is 0 Å². The van der Waals surface area contributed by atoms with Crippen LogP contribution in [0.3, 0.4) is 0 Å². The van der Waals surface area contributed by atoms with E-state index in [1.165, 1.54) is 37.1 Å². The molecule has 0 aromatic heterocycles. The lowest BCUT2D eigenvalue weighted by Gasteiger charge is -2.11.